The number of carbonyl (C=O) groups excluding carboxylic acids is 1. The number of anilines is 1. The molecule has 0 fully saturated rings. The number of rotatable bonds is 6. The SMILES string of the molecule is COc1ccc([C@@H](c2ccccc2)C(C)(C)C(=O)Nc2nncs2)cc1. The van der Waals surface area contributed by atoms with E-state index >= 15 is 0 Å². The Morgan fingerprint density at radius 2 is 1.73 bits per heavy atom. The Balaban J connectivity index is 1.99. The van der Waals surface area contributed by atoms with Crippen LogP contribution in [0.2, 0.25) is 0 Å². The number of hydrogen-bond donors (Lipinski definition) is 1. The predicted molar refractivity (Wildman–Crippen MR) is 104 cm³/mol. The molecule has 0 unspecified atom stereocenters. The van der Waals surface area contributed by atoms with E-state index in [4.69, 9.17) is 4.74 Å². The number of aromatic nitrogens is 2. The molecule has 0 radical (unpaired) electrons. The summed E-state index contributed by atoms with van der Waals surface area (Å²) < 4.78 is 5.26. The second kappa shape index (κ2) is 7.66. The minimum Gasteiger partial charge on any atom is -0.497 e. The molecule has 0 bridgehead atoms. The maximum absolute atomic E-state index is 13.0. The molecule has 3 aromatic rings. The van der Waals surface area contributed by atoms with Gasteiger partial charge in [-0.1, -0.05) is 67.6 Å². The maximum atomic E-state index is 13.0. The van der Waals surface area contributed by atoms with Crippen molar-refractivity contribution >= 4 is 22.4 Å². The minimum atomic E-state index is -0.707. The van der Waals surface area contributed by atoms with Crippen LogP contribution in [0.5, 0.6) is 5.75 Å². The normalized spacial score (nSPS) is 12.4. The molecule has 1 heterocycles. The van der Waals surface area contributed by atoms with E-state index in [-0.39, 0.29) is 11.8 Å². The molecular weight excluding hydrogens is 346 g/mol. The third-order valence-corrected chi connectivity index (χ3v) is 5.08. The number of methoxy groups -OCH3 is 1. The van der Waals surface area contributed by atoms with Crippen molar-refractivity contribution in [2.75, 3.05) is 12.4 Å². The molecule has 1 atom stereocenters. The van der Waals surface area contributed by atoms with E-state index in [0.717, 1.165) is 16.9 Å². The summed E-state index contributed by atoms with van der Waals surface area (Å²) in [5.74, 6) is 0.568. The third kappa shape index (κ3) is 3.75. The zero-order chi connectivity index (χ0) is 18.6. The lowest BCUT2D eigenvalue weighted by Crippen LogP contribution is -2.37. The summed E-state index contributed by atoms with van der Waals surface area (Å²) in [7, 11) is 1.64. The maximum Gasteiger partial charge on any atom is 0.232 e. The van der Waals surface area contributed by atoms with Gasteiger partial charge in [-0.3, -0.25) is 4.79 Å². The van der Waals surface area contributed by atoms with Crippen LogP contribution >= 0.6 is 11.3 Å². The van der Waals surface area contributed by atoms with Gasteiger partial charge in [0, 0.05) is 5.92 Å². The predicted octanol–water partition coefficient (Wildman–Crippen LogP) is 4.34. The summed E-state index contributed by atoms with van der Waals surface area (Å²) in [5.41, 5.74) is 3.02. The summed E-state index contributed by atoms with van der Waals surface area (Å²) in [6.07, 6.45) is 0. The topological polar surface area (TPSA) is 64.1 Å². The summed E-state index contributed by atoms with van der Waals surface area (Å²) >= 11 is 1.30. The second-order valence-corrected chi connectivity index (χ2v) is 7.37. The van der Waals surface area contributed by atoms with E-state index in [0.29, 0.717) is 5.13 Å². The Labute approximate surface area is 157 Å². The fourth-order valence-electron chi connectivity index (χ4n) is 3.08. The zero-order valence-corrected chi connectivity index (χ0v) is 15.8. The number of carbonyl (C=O) groups is 1. The fourth-order valence-corrected chi connectivity index (χ4v) is 3.52. The molecule has 1 N–H and O–H groups in total. The lowest BCUT2D eigenvalue weighted by molar-refractivity contribution is -0.124. The van der Waals surface area contributed by atoms with E-state index < -0.39 is 5.41 Å². The van der Waals surface area contributed by atoms with Gasteiger partial charge in [-0.15, -0.1) is 10.2 Å². The largest absolute Gasteiger partial charge is 0.497 e. The highest BCUT2D eigenvalue weighted by atomic mass is 32.1. The first-order valence-electron chi connectivity index (χ1n) is 8.29. The van der Waals surface area contributed by atoms with Gasteiger partial charge in [0.2, 0.25) is 11.0 Å². The number of nitrogens with zero attached hydrogens (tertiary/aromatic N) is 2. The molecule has 0 aliphatic rings. The molecule has 5 nitrogen and oxygen atoms in total. The lowest BCUT2D eigenvalue weighted by atomic mass is 9.70. The molecule has 0 aliphatic carbocycles. The van der Waals surface area contributed by atoms with Gasteiger partial charge >= 0.3 is 0 Å². The monoisotopic (exact) mass is 367 g/mol. The highest BCUT2D eigenvalue weighted by Crippen LogP contribution is 2.42. The van der Waals surface area contributed by atoms with Crippen LogP contribution in [0.3, 0.4) is 0 Å². The van der Waals surface area contributed by atoms with E-state index in [9.17, 15) is 4.79 Å². The first-order chi connectivity index (χ1) is 12.5. The molecule has 3 rings (SSSR count). The van der Waals surface area contributed by atoms with Crippen LogP contribution in [0.4, 0.5) is 5.13 Å². The standard InChI is InChI=1S/C20H21N3O2S/c1-20(2,18(24)22-19-23-21-13-26-19)17(14-7-5-4-6-8-14)15-9-11-16(25-3)12-10-15/h4-13,17H,1-3H3,(H,22,23,24)/t17-/m1/s1. The van der Waals surface area contributed by atoms with Gasteiger partial charge in [-0.2, -0.15) is 0 Å². The molecule has 2 aromatic carbocycles. The second-order valence-electron chi connectivity index (χ2n) is 6.54. The van der Waals surface area contributed by atoms with Crippen molar-refractivity contribution < 1.29 is 9.53 Å². The van der Waals surface area contributed by atoms with Gasteiger partial charge in [-0.25, -0.2) is 0 Å². The van der Waals surface area contributed by atoms with Crippen LogP contribution < -0.4 is 10.1 Å². The van der Waals surface area contributed by atoms with Crippen molar-refractivity contribution in [2.45, 2.75) is 19.8 Å². The van der Waals surface area contributed by atoms with Crippen molar-refractivity contribution in [3.05, 3.63) is 71.2 Å². The summed E-state index contributed by atoms with van der Waals surface area (Å²) in [5, 5.41) is 11.1. The van der Waals surface area contributed by atoms with Crippen LogP contribution in [0.15, 0.2) is 60.1 Å². The molecule has 1 amide bonds. The van der Waals surface area contributed by atoms with E-state index in [2.05, 4.69) is 27.6 Å². The Kier molecular flexibility index (Phi) is 5.32. The van der Waals surface area contributed by atoms with E-state index in [1.807, 2.05) is 56.3 Å². The number of ether oxygens (including phenoxy) is 1. The molecular formula is C20H21N3O2S. The molecule has 0 aliphatic heterocycles. The molecule has 6 heteroatoms. The fraction of sp³-hybridized carbons (Fsp3) is 0.250. The minimum absolute atomic E-state index is 0.0982. The Morgan fingerprint density at radius 1 is 1.08 bits per heavy atom. The first kappa shape index (κ1) is 18.1. The smallest absolute Gasteiger partial charge is 0.232 e. The summed E-state index contributed by atoms with van der Waals surface area (Å²) in [6.45, 7) is 3.90. The average molecular weight is 367 g/mol. The van der Waals surface area contributed by atoms with Crippen LogP contribution in [0.25, 0.3) is 0 Å². The van der Waals surface area contributed by atoms with Gasteiger partial charge in [0.1, 0.15) is 11.3 Å². The number of nitrogens with one attached hydrogen (secondary N) is 1. The Morgan fingerprint density at radius 3 is 2.31 bits per heavy atom. The molecule has 0 saturated carbocycles. The summed E-state index contributed by atoms with van der Waals surface area (Å²) in [6, 6.07) is 17.9. The van der Waals surface area contributed by atoms with Crippen molar-refractivity contribution in [3.63, 3.8) is 0 Å². The molecule has 26 heavy (non-hydrogen) atoms. The average Bonchev–Trinajstić information content (AvgIpc) is 3.16. The molecule has 134 valence electrons. The number of hydrogen-bond acceptors (Lipinski definition) is 5. The van der Waals surface area contributed by atoms with Gasteiger partial charge in [0.15, 0.2) is 0 Å². The van der Waals surface area contributed by atoms with Crippen molar-refractivity contribution in [1.82, 2.24) is 10.2 Å². The highest BCUT2D eigenvalue weighted by molar-refractivity contribution is 7.13. The number of benzene rings is 2. The molecule has 0 spiro atoms. The van der Waals surface area contributed by atoms with Gasteiger partial charge < -0.3 is 10.1 Å². The molecule has 0 saturated heterocycles. The van der Waals surface area contributed by atoms with Crippen molar-refractivity contribution in [2.24, 2.45) is 5.41 Å². The zero-order valence-electron chi connectivity index (χ0n) is 15.0. The van der Waals surface area contributed by atoms with Crippen LogP contribution in [0, 0.1) is 5.41 Å². The molecule has 1 aromatic heterocycles. The third-order valence-electron chi connectivity index (χ3n) is 4.47. The van der Waals surface area contributed by atoms with Crippen LogP contribution in [-0.2, 0) is 4.79 Å². The van der Waals surface area contributed by atoms with E-state index in [1.54, 1.807) is 12.6 Å². The van der Waals surface area contributed by atoms with Gasteiger partial charge in [0.05, 0.1) is 12.5 Å². The van der Waals surface area contributed by atoms with Crippen molar-refractivity contribution in [3.8, 4) is 5.75 Å². The Hall–Kier alpha value is -2.73. The lowest BCUT2D eigenvalue weighted by Gasteiger charge is -2.33. The van der Waals surface area contributed by atoms with Gasteiger partial charge in [0.25, 0.3) is 0 Å². The quantitative estimate of drug-likeness (QED) is 0.704. The first-order valence-corrected chi connectivity index (χ1v) is 9.17. The Bertz CT molecular complexity index is 847. The van der Waals surface area contributed by atoms with Crippen LogP contribution in [-0.4, -0.2) is 23.2 Å². The van der Waals surface area contributed by atoms with Crippen LogP contribution in [0.1, 0.15) is 30.9 Å². The highest BCUT2D eigenvalue weighted by Gasteiger charge is 2.39. The van der Waals surface area contributed by atoms with E-state index in [1.165, 1.54) is 11.3 Å². The summed E-state index contributed by atoms with van der Waals surface area (Å²) in [4.78, 5) is 13.0. The van der Waals surface area contributed by atoms with Gasteiger partial charge in [-0.05, 0) is 23.3 Å². The number of amides is 1. The van der Waals surface area contributed by atoms with Crippen molar-refractivity contribution in [1.29, 1.82) is 0 Å².